The lowest BCUT2D eigenvalue weighted by Crippen LogP contribution is -2.38. The number of carbonyl (C=O) groups excluding carboxylic acids is 2. The average molecular weight is 405 g/mol. The number of carboxylic acid groups (broad SMARTS) is 1. The van der Waals surface area contributed by atoms with Gasteiger partial charge in [0.05, 0.1) is 17.4 Å². The maximum absolute atomic E-state index is 13.1. The van der Waals surface area contributed by atoms with Gasteiger partial charge in [-0.1, -0.05) is 19.8 Å². The number of hydrogen-bond acceptors (Lipinski definition) is 4. The van der Waals surface area contributed by atoms with Crippen molar-refractivity contribution in [2.75, 3.05) is 5.32 Å². The number of rotatable bonds is 6. The van der Waals surface area contributed by atoms with E-state index in [0.29, 0.717) is 16.5 Å². The fourth-order valence-corrected chi connectivity index (χ4v) is 7.25. The van der Waals surface area contributed by atoms with E-state index in [1.165, 1.54) is 11.3 Å². The summed E-state index contributed by atoms with van der Waals surface area (Å²) in [6.07, 6.45) is 7.70. The van der Waals surface area contributed by atoms with E-state index in [1.807, 2.05) is 0 Å². The summed E-state index contributed by atoms with van der Waals surface area (Å²) in [5, 5.41) is 13.1. The fourth-order valence-electron chi connectivity index (χ4n) is 5.88. The van der Waals surface area contributed by atoms with Gasteiger partial charge in [0.2, 0.25) is 5.91 Å². The van der Waals surface area contributed by atoms with Gasteiger partial charge in [-0.05, 0) is 61.8 Å². The van der Waals surface area contributed by atoms with Gasteiger partial charge in [0.1, 0.15) is 5.00 Å². The number of primary amides is 1. The minimum Gasteiger partial charge on any atom is -0.481 e. The first-order valence-corrected chi connectivity index (χ1v) is 11.2. The van der Waals surface area contributed by atoms with E-state index in [0.717, 1.165) is 61.8 Å². The first kappa shape index (κ1) is 19.4. The molecule has 152 valence electrons. The number of nitrogens with one attached hydrogen (secondary N) is 1. The summed E-state index contributed by atoms with van der Waals surface area (Å²) in [5.74, 6) is -1.93. The van der Waals surface area contributed by atoms with Gasteiger partial charge >= 0.3 is 5.97 Å². The van der Waals surface area contributed by atoms with Crippen molar-refractivity contribution >= 4 is 34.1 Å². The van der Waals surface area contributed by atoms with Gasteiger partial charge in [-0.15, -0.1) is 11.3 Å². The van der Waals surface area contributed by atoms with Gasteiger partial charge in [-0.2, -0.15) is 0 Å². The number of hydrogen-bond donors (Lipinski definition) is 3. The summed E-state index contributed by atoms with van der Waals surface area (Å²) < 4.78 is 0. The molecule has 3 aliphatic carbocycles. The van der Waals surface area contributed by atoms with Crippen molar-refractivity contribution in [1.29, 1.82) is 0 Å². The lowest BCUT2D eigenvalue weighted by Gasteiger charge is -2.26. The highest BCUT2D eigenvalue weighted by Gasteiger charge is 2.54. The van der Waals surface area contributed by atoms with Crippen LogP contribution in [0.4, 0.5) is 5.00 Å². The van der Waals surface area contributed by atoms with Crippen LogP contribution in [0.5, 0.6) is 0 Å². The molecule has 5 unspecified atom stereocenters. The molecule has 3 aliphatic rings. The fraction of sp³-hybridized carbons (Fsp3) is 0.667. The van der Waals surface area contributed by atoms with Crippen LogP contribution in [0.2, 0.25) is 0 Å². The van der Waals surface area contributed by atoms with Gasteiger partial charge in [0.25, 0.3) is 5.91 Å². The minimum absolute atomic E-state index is 0.0974. The zero-order chi connectivity index (χ0) is 20.0. The van der Waals surface area contributed by atoms with Gasteiger partial charge in [0.15, 0.2) is 0 Å². The molecule has 0 aromatic carbocycles. The molecule has 2 saturated carbocycles. The summed E-state index contributed by atoms with van der Waals surface area (Å²) in [7, 11) is 0. The van der Waals surface area contributed by atoms with E-state index >= 15 is 0 Å². The van der Waals surface area contributed by atoms with Crippen LogP contribution >= 0.6 is 11.3 Å². The van der Waals surface area contributed by atoms with E-state index in [-0.39, 0.29) is 17.7 Å². The number of nitrogens with two attached hydrogens (primary N) is 1. The number of amides is 2. The molecule has 7 heteroatoms. The first-order valence-electron chi connectivity index (χ1n) is 10.4. The van der Waals surface area contributed by atoms with Crippen LogP contribution in [-0.4, -0.2) is 22.9 Å². The van der Waals surface area contributed by atoms with E-state index in [2.05, 4.69) is 12.2 Å². The normalized spacial score (nSPS) is 30.8. The molecule has 0 aliphatic heterocycles. The van der Waals surface area contributed by atoms with E-state index < -0.39 is 23.7 Å². The summed E-state index contributed by atoms with van der Waals surface area (Å²) in [5.41, 5.74) is 7.10. The Hall–Kier alpha value is -1.89. The molecule has 6 nitrogen and oxygen atoms in total. The average Bonchev–Trinajstić information content (AvgIpc) is 3.33. The van der Waals surface area contributed by atoms with Crippen LogP contribution in [0.15, 0.2) is 0 Å². The molecule has 2 fully saturated rings. The highest BCUT2D eigenvalue weighted by Crippen LogP contribution is 2.53. The van der Waals surface area contributed by atoms with Crippen LogP contribution in [0.1, 0.15) is 66.2 Å². The number of anilines is 1. The Labute approximate surface area is 168 Å². The predicted octanol–water partition coefficient (Wildman–Crippen LogP) is 3.44. The zero-order valence-corrected chi connectivity index (χ0v) is 17.0. The van der Waals surface area contributed by atoms with E-state index in [9.17, 15) is 19.5 Å². The minimum atomic E-state index is -0.879. The van der Waals surface area contributed by atoms with Crippen molar-refractivity contribution in [3.8, 4) is 0 Å². The van der Waals surface area contributed by atoms with Crippen LogP contribution in [0, 0.1) is 29.6 Å². The summed E-state index contributed by atoms with van der Waals surface area (Å²) in [4.78, 5) is 38.1. The topological polar surface area (TPSA) is 109 Å². The van der Waals surface area contributed by atoms with Crippen LogP contribution in [-0.2, 0) is 22.4 Å². The van der Waals surface area contributed by atoms with Gasteiger partial charge in [0, 0.05) is 4.88 Å². The monoisotopic (exact) mass is 404 g/mol. The van der Waals surface area contributed by atoms with Crippen molar-refractivity contribution in [1.82, 2.24) is 0 Å². The lowest BCUT2D eigenvalue weighted by atomic mass is 9.78. The van der Waals surface area contributed by atoms with Gasteiger partial charge in [-0.25, -0.2) is 0 Å². The van der Waals surface area contributed by atoms with Crippen LogP contribution in [0.3, 0.4) is 0 Å². The third-order valence-corrected chi connectivity index (χ3v) is 8.22. The second-order valence-corrected chi connectivity index (χ2v) is 9.79. The smallest absolute Gasteiger partial charge is 0.307 e. The Bertz CT molecular complexity index is 818. The zero-order valence-electron chi connectivity index (χ0n) is 16.2. The largest absolute Gasteiger partial charge is 0.481 e. The maximum atomic E-state index is 13.1. The Kier molecular flexibility index (Phi) is 5.21. The highest BCUT2D eigenvalue weighted by molar-refractivity contribution is 7.17. The first-order chi connectivity index (χ1) is 13.4. The number of carboxylic acids is 1. The van der Waals surface area contributed by atoms with Crippen molar-refractivity contribution in [2.24, 2.45) is 35.3 Å². The van der Waals surface area contributed by atoms with Crippen molar-refractivity contribution in [3.05, 3.63) is 16.0 Å². The van der Waals surface area contributed by atoms with E-state index in [4.69, 9.17) is 5.73 Å². The predicted molar refractivity (Wildman–Crippen MR) is 107 cm³/mol. The van der Waals surface area contributed by atoms with Gasteiger partial charge < -0.3 is 16.2 Å². The summed E-state index contributed by atoms with van der Waals surface area (Å²) >= 11 is 1.46. The molecule has 0 saturated heterocycles. The quantitative estimate of drug-likeness (QED) is 0.674. The van der Waals surface area contributed by atoms with Crippen molar-refractivity contribution < 1.29 is 19.5 Å². The Balaban J connectivity index is 1.59. The molecule has 1 aromatic rings. The molecular weight excluding hydrogens is 376 g/mol. The molecule has 2 bridgehead atoms. The van der Waals surface area contributed by atoms with E-state index in [1.54, 1.807) is 0 Å². The number of aliphatic carboxylic acids is 1. The standard InChI is InChI=1S/C21H28N2O4S/c1-2-3-10-4-7-13-14(8-10)28-20(17(13)18(22)24)23-19(25)15-11-5-6-12(9-11)16(15)21(26)27/h10-12,15-16H,2-9H2,1H3,(H2,22,24)(H,23,25)(H,26,27). The Morgan fingerprint density at radius 2 is 1.89 bits per heavy atom. The maximum Gasteiger partial charge on any atom is 0.307 e. The summed E-state index contributed by atoms with van der Waals surface area (Å²) in [6.45, 7) is 2.18. The molecule has 5 atom stereocenters. The molecule has 4 N–H and O–H groups in total. The molecule has 28 heavy (non-hydrogen) atoms. The SMILES string of the molecule is CCCC1CCc2c(sc(NC(=O)C3C4CCC(C4)C3C(=O)O)c2C(N)=O)C1. The van der Waals surface area contributed by atoms with Crippen LogP contribution in [0.25, 0.3) is 0 Å². The second kappa shape index (κ2) is 7.50. The van der Waals surface area contributed by atoms with Crippen molar-refractivity contribution in [3.63, 3.8) is 0 Å². The lowest BCUT2D eigenvalue weighted by molar-refractivity contribution is -0.148. The second-order valence-electron chi connectivity index (χ2n) is 8.68. The third kappa shape index (κ3) is 3.23. The third-order valence-electron chi connectivity index (χ3n) is 7.05. The van der Waals surface area contributed by atoms with Crippen LogP contribution < -0.4 is 11.1 Å². The number of thiophene rings is 1. The number of carbonyl (C=O) groups is 3. The molecule has 0 radical (unpaired) electrons. The molecular formula is C21H28N2O4S. The number of fused-ring (bicyclic) bond motifs is 3. The Morgan fingerprint density at radius 3 is 2.54 bits per heavy atom. The molecule has 0 spiro atoms. The summed E-state index contributed by atoms with van der Waals surface area (Å²) in [6, 6.07) is 0. The Morgan fingerprint density at radius 1 is 1.18 bits per heavy atom. The van der Waals surface area contributed by atoms with Crippen molar-refractivity contribution in [2.45, 2.75) is 58.3 Å². The molecule has 4 rings (SSSR count). The molecule has 1 heterocycles. The highest BCUT2D eigenvalue weighted by atomic mass is 32.1. The molecule has 2 amide bonds. The molecule has 1 aromatic heterocycles. The van der Waals surface area contributed by atoms with Gasteiger partial charge in [-0.3, -0.25) is 14.4 Å².